The molecule has 604 valence electrons. The number of nitrogens with one attached hydrogen (secondary N) is 9. The number of nitrogens with two attached hydrogens (primary N) is 3. The van der Waals surface area contributed by atoms with Crippen LogP contribution in [0.4, 0.5) is 46.5 Å². The van der Waals surface area contributed by atoms with Crippen molar-refractivity contribution < 1.29 is 62.4 Å². The highest BCUT2D eigenvalue weighted by molar-refractivity contribution is 7.92. The molecule has 0 amide bonds. The Hall–Kier alpha value is -9.34. The summed E-state index contributed by atoms with van der Waals surface area (Å²) in [6.45, 7) is 9.86. The molecule has 0 radical (unpaired) electrons. The van der Waals surface area contributed by atoms with Gasteiger partial charge in [0.2, 0.25) is 30.1 Å². The first-order valence-corrected chi connectivity index (χ1v) is 43.4. The molecule has 110 heavy (non-hydrogen) atoms. The smallest absolute Gasteiger partial charge is 0.250 e. The van der Waals surface area contributed by atoms with Crippen molar-refractivity contribution in [1.29, 1.82) is 0 Å². The molecule has 4 aliphatic rings. The number of nitrogens with zero attached hydrogens (tertiary/aromatic N) is 12. The number of aromatic nitrogens is 16. The summed E-state index contributed by atoms with van der Waals surface area (Å²) in [4.78, 5) is 36.2. The number of aromatic amines is 4. The van der Waals surface area contributed by atoms with Crippen LogP contribution in [0, 0.1) is 11.8 Å². The molecule has 43 heteroatoms. The maximum Gasteiger partial charge on any atom is 0.250 e. The average Bonchev–Trinajstić information content (AvgIpc) is 1.38. The molecule has 4 aliphatic carbocycles. The highest BCUT2D eigenvalue weighted by atomic mass is 35.5. The van der Waals surface area contributed by atoms with Gasteiger partial charge in [0.1, 0.15) is 45.0 Å². The number of anilines is 8. The molecule has 0 aliphatic heterocycles. The third-order valence-electron chi connectivity index (χ3n) is 17.2. The summed E-state index contributed by atoms with van der Waals surface area (Å²) in [5.41, 5.74) is 5.06. The molecule has 0 bridgehead atoms. The van der Waals surface area contributed by atoms with Crippen LogP contribution in [-0.2, 0) is 46.5 Å². The number of hydrogen-bond donors (Lipinski definition) is 14. The summed E-state index contributed by atoms with van der Waals surface area (Å²) in [5, 5.41) is 76.6. The number of aliphatic hydroxyl groups is 1. The number of thiophene rings is 3. The molecule has 17 N–H and O–H groups in total. The Morgan fingerprint density at radius 3 is 1.38 bits per heavy atom. The first kappa shape index (κ1) is 78.8. The zero-order valence-electron chi connectivity index (χ0n) is 59.1. The monoisotopic (exact) mass is 1690 g/mol. The van der Waals surface area contributed by atoms with Gasteiger partial charge in [-0.25, -0.2) is 93.7 Å². The number of sulfonamides is 4. The fourth-order valence-corrected chi connectivity index (χ4v) is 18.0. The molecule has 4 saturated carbocycles. The van der Waals surface area contributed by atoms with Crippen LogP contribution < -0.4 is 41.4 Å². The first-order valence-electron chi connectivity index (χ1n) is 34.1. The van der Waals surface area contributed by atoms with Crippen LogP contribution in [0.25, 0.3) is 43.5 Å². The predicted molar refractivity (Wildman–Crippen MR) is 447 cm³/mol. The second kappa shape index (κ2) is 32.2. The number of hydrogen-bond acceptors (Lipinski definition) is 29. The van der Waals surface area contributed by atoms with Crippen LogP contribution in [-0.4, -0.2) is 137 Å². The van der Waals surface area contributed by atoms with Crippen molar-refractivity contribution in [3.8, 4) is 49.2 Å². The lowest BCUT2D eigenvalue weighted by Crippen LogP contribution is -2.40. The third-order valence-corrected chi connectivity index (χ3v) is 27.1. The number of aliphatic hydroxyl groups excluding tert-OH is 1. The number of phenols is 1. The number of aryl methyl sites for hydroxylation is 1. The van der Waals surface area contributed by atoms with Gasteiger partial charge in [-0.1, -0.05) is 37.0 Å². The van der Waals surface area contributed by atoms with Crippen molar-refractivity contribution in [2.75, 3.05) is 27.9 Å². The average molecular weight is 1700 g/mol. The second-order valence-electron chi connectivity index (χ2n) is 27.5. The Morgan fingerprint density at radius 2 is 0.945 bits per heavy atom. The molecule has 16 rings (SSSR count). The maximum absolute atomic E-state index is 12.6. The standard InChI is InChI=1S/C19H23ClN6O2S2.C17H20N6O3S2.C16H16N6O3S.C15H15ClN6O2S2.13H2/c1-10-7-11(10)13-8-15(25-24-13)22-17-12(20)9-21-18(23-17)14-5-6-16(29-14)30(27,28)26-19(2,3)4;18-28(25,26)15-6-5-13(27-15)17-19-9-11(2-1-7-24)16(21-17)20-14-8-12(22-23-14)10-3-4-10;17-26(24,25)13-7-10(3-4-12(13)23)16-18-6-5-14(20-16)19-15-8-11(21-22-15)9-1-2-9;1-7-4-8(7)10-5-12(22-21-10)19-14-9(16)6-18-15(20-14)11-2-3-13(25-11)26(17,23)24;;;;;;;;;;;;;/h5-6,8-11,26H,7H2,1-4H3,(H2,21,22,23,24,25);5-6,8-10,24H,1-4,7H2,(H2,18,25,26)(H2,19,20,21,22,23);3-9,23H,1-2H2,(H2,17,24,25)(H2,18,19,20,21,22);2-3,5-8H,4H2,1H3,(H2,17,23,24)(H2,18,19,20,21,22);13*1H. The third kappa shape index (κ3) is 20.2. The quantitative estimate of drug-likeness (QED) is 0.0267. The highest BCUT2D eigenvalue weighted by Gasteiger charge is 2.37. The van der Waals surface area contributed by atoms with Crippen molar-refractivity contribution in [2.24, 2.45) is 27.3 Å². The summed E-state index contributed by atoms with van der Waals surface area (Å²) in [6, 6.07) is 22.9. The summed E-state index contributed by atoms with van der Waals surface area (Å²) >= 11 is 15.6. The summed E-state index contributed by atoms with van der Waals surface area (Å²) in [5.74, 6) is 8.95. The maximum atomic E-state index is 12.6. The predicted octanol–water partition coefficient (Wildman–Crippen LogP) is 14.8. The Kier molecular flexibility index (Phi) is 23.0. The van der Waals surface area contributed by atoms with E-state index in [0.717, 1.165) is 75.2 Å². The second-order valence-corrected chi connectivity index (χ2v) is 38.6. The van der Waals surface area contributed by atoms with E-state index in [-0.39, 0.29) is 48.5 Å². The van der Waals surface area contributed by atoms with Crippen LogP contribution in [0.1, 0.15) is 150 Å². The minimum absolute atomic E-state index is 0. The van der Waals surface area contributed by atoms with E-state index in [2.05, 4.69) is 120 Å². The highest BCUT2D eigenvalue weighted by Crippen LogP contribution is 2.48. The van der Waals surface area contributed by atoms with Gasteiger partial charge < -0.3 is 31.5 Å². The lowest BCUT2D eigenvalue weighted by molar-refractivity contribution is 0.288. The number of H-pyrrole nitrogens is 4. The van der Waals surface area contributed by atoms with Crippen LogP contribution in [0.2, 0.25) is 10.0 Å². The molecule has 4 fully saturated rings. The van der Waals surface area contributed by atoms with E-state index in [1.165, 1.54) is 68.4 Å². The lowest BCUT2D eigenvalue weighted by atomic mass is 10.1. The van der Waals surface area contributed by atoms with Crippen molar-refractivity contribution >= 4 is 144 Å². The Morgan fingerprint density at radius 1 is 0.518 bits per heavy atom. The van der Waals surface area contributed by atoms with Gasteiger partial charge in [-0.05, 0) is 145 Å². The van der Waals surface area contributed by atoms with E-state index in [0.29, 0.717) is 143 Å². The number of primary sulfonamides is 3. The van der Waals surface area contributed by atoms with Gasteiger partial charge in [-0.15, -0.1) is 34.0 Å². The summed E-state index contributed by atoms with van der Waals surface area (Å²) < 4.78 is 97.1. The largest absolute Gasteiger partial charge is 0.507 e. The van der Waals surface area contributed by atoms with Gasteiger partial charge in [0.05, 0.1) is 27.0 Å². The van der Waals surface area contributed by atoms with Gasteiger partial charge >= 0.3 is 0 Å². The fourth-order valence-electron chi connectivity index (χ4n) is 11.1. The van der Waals surface area contributed by atoms with Crippen LogP contribution in [0.15, 0.2) is 127 Å². The van der Waals surface area contributed by atoms with Crippen LogP contribution in [0.3, 0.4) is 0 Å². The molecular formula is C67H100Cl2N24O10S7. The molecule has 34 nitrogen and oxygen atoms in total. The molecule has 11 heterocycles. The molecule has 4 atom stereocenters. The van der Waals surface area contributed by atoms with E-state index < -0.39 is 51.4 Å². The van der Waals surface area contributed by atoms with E-state index in [9.17, 15) is 38.8 Å². The fraction of sp³-hybridized carbons (Fsp3) is 0.313. The molecule has 1 aromatic carbocycles. The van der Waals surface area contributed by atoms with Crippen molar-refractivity contribution in [1.82, 2.24) is 85.4 Å². The minimum Gasteiger partial charge on any atom is -0.507 e. The van der Waals surface area contributed by atoms with E-state index in [1.807, 2.05) is 24.3 Å². The van der Waals surface area contributed by atoms with Crippen molar-refractivity contribution in [2.45, 2.75) is 133 Å². The molecule has 12 aromatic rings. The van der Waals surface area contributed by atoms with Gasteiger partial charge in [-0.3, -0.25) is 20.4 Å². The Bertz CT molecular complexity index is 5900. The number of aromatic hydroxyl groups is 1. The van der Waals surface area contributed by atoms with Crippen molar-refractivity contribution in [3.05, 3.63) is 148 Å². The first-order chi connectivity index (χ1) is 52.2. The van der Waals surface area contributed by atoms with Crippen LogP contribution >= 0.6 is 57.2 Å². The van der Waals surface area contributed by atoms with Gasteiger partial charge in [0.25, 0.3) is 10.0 Å². The van der Waals surface area contributed by atoms with E-state index >= 15 is 0 Å². The van der Waals surface area contributed by atoms with Gasteiger partial charge in [-0.2, -0.15) is 20.4 Å². The summed E-state index contributed by atoms with van der Waals surface area (Å²) in [6.07, 6.45) is 14.4. The summed E-state index contributed by atoms with van der Waals surface area (Å²) in [7, 11) is -15.2. The van der Waals surface area contributed by atoms with Crippen molar-refractivity contribution in [3.63, 3.8) is 0 Å². The molecule has 4 unspecified atom stereocenters. The topological polar surface area (TPSA) is 533 Å². The molecule has 0 saturated heterocycles. The Labute approximate surface area is 672 Å². The minimum atomic E-state index is -4.06. The SMILES string of the molecule is CC1CC1c1cc(Nc2nc(-c3ccc(S(=O)(=O)NC(C)(C)C)s3)ncc2Cl)n[nH]1.CC1CC1c1cc(Nc2nc(-c3ccc(S(N)(=O)=O)s3)ncc2Cl)n[nH]1.NS(=O)(=O)c1cc(-c2nccc(Nc3cc(C4CC4)[nH]n3)n2)ccc1O.NS(=O)(=O)c1ccc(-c2ncc(CCCO)c(Nc3cc(C4CC4)[nH]n3)n2)s1.[HH].[HH].[HH].[HH].[HH].[HH].[HH].[HH].[HH].[HH].[HH].[HH].[HH]. The number of halogens is 2. The van der Waals surface area contributed by atoms with Crippen LogP contribution in [0.5, 0.6) is 5.75 Å². The number of phenolic OH excluding ortho intramolecular Hbond substituents is 1. The zero-order valence-corrected chi connectivity index (χ0v) is 66.3. The van der Waals surface area contributed by atoms with E-state index in [1.54, 1.807) is 63.5 Å². The zero-order chi connectivity index (χ0) is 78.2. The van der Waals surface area contributed by atoms with Gasteiger partial charge in [0, 0.05) is 125 Å². The van der Waals surface area contributed by atoms with E-state index in [4.69, 9.17) is 43.7 Å². The lowest BCUT2D eigenvalue weighted by Gasteiger charge is -2.19. The molecular weight excluding hydrogens is 1600 g/mol. The molecule has 11 aromatic heterocycles. The Balaban J connectivity index is 0.00000156. The normalized spacial score (nSPS) is 16.9. The molecule has 0 spiro atoms. The van der Waals surface area contributed by atoms with Gasteiger partial charge in [0.15, 0.2) is 58.2 Å². The number of benzene rings is 1. The number of rotatable bonds is 24.